The van der Waals surface area contributed by atoms with Crippen LogP contribution in [0, 0.1) is 0 Å². The smallest absolute Gasteiger partial charge is 0.0626 e. The third kappa shape index (κ3) is 1.24. The van der Waals surface area contributed by atoms with E-state index in [2.05, 4.69) is 11.9 Å². The van der Waals surface area contributed by atoms with Crippen LogP contribution >= 0.6 is 0 Å². The number of pyridine rings is 1. The van der Waals surface area contributed by atoms with Crippen LogP contribution in [-0.4, -0.2) is 4.98 Å². The van der Waals surface area contributed by atoms with E-state index >= 15 is 0 Å². The zero-order valence-electron chi connectivity index (χ0n) is 7.45. The van der Waals surface area contributed by atoms with Crippen molar-refractivity contribution in [3.05, 3.63) is 36.0 Å². The maximum absolute atomic E-state index is 11.4. The molecule has 66 valence electrons. The number of aryl methyl sites for hydroxylation is 1. The number of nitrogens with zero attached hydrogens (tertiary/aromatic N) is 1. The average molecular weight is 172 g/mol. The van der Waals surface area contributed by atoms with Crippen molar-refractivity contribution in [2.45, 2.75) is 13.3 Å². The fourth-order valence-electron chi connectivity index (χ4n) is 1.51. The zero-order chi connectivity index (χ0) is 9.26. The Labute approximate surface area is 76.9 Å². The molecule has 0 saturated heterocycles. The highest BCUT2D eigenvalue weighted by Crippen LogP contribution is 2.22. The number of fused-ring (bicyclic) bond motifs is 1. The average Bonchev–Trinajstić information content (AvgIpc) is 2.18. The topological polar surface area (TPSA) is 36.0 Å². The number of benzene rings is 1. The number of para-hydroxylation sites is 1. The van der Waals surface area contributed by atoms with Crippen LogP contribution < -0.4 is 5.11 Å². The van der Waals surface area contributed by atoms with Gasteiger partial charge in [0.05, 0.1) is 5.52 Å². The Hall–Kier alpha value is -1.57. The summed E-state index contributed by atoms with van der Waals surface area (Å²) in [5.74, 6) is 0.00722. The lowest BCUT2D eigenvalue weighted by atomic mass is 10.1. The molecule has 1 aromatic heterocycles. The van der Waals surface area contributed by atoms with Crippen molar-refractivity contribution in [1.82, 2.24) is 4.98 Å². The molecule has 1 aromatic carbocycles. The van der Waals surface area contributed by atoms with Gasteiger partial charge in [0.25, 0.3) is 0 Å². The summed E-state index contributed by atoms with van der Waals surface area (Å²) in [5.41, 5.74) is 1.77. The van der Waals surface area contributed by atoms with E-state index in [-0.39, 0.29) is 5.75 Å². The van der Waals surface area contributed by atoms with Gasteiger partial charge in [-0.25, -0.2) is 0 Å². The van der Waals surface area contributed by atoms with Gasteiger partial charge in [0.15, 0.2) is 0 Å². The maximum Gasteiger partial charge on any atom is 0.0626 e. The van der Waals surface area contributed by atoms with Crippen molar-refractivity contribution in [2.75, 3.05) is 0 Å². The molecule has 2 aromatic rings. The van der Waals surface area contributed by atoms with Crippen LogP contribution in [0.1, 0.15) is 12.5 Å². The van der Waals surface area contributed by atoms with Crippen LogP contribution in [0.2, 0.25) is 0 Å². The Morgan fingerprint density at radius 3 is 2.92 bits per heavy atom. The van der Waals surface area contributed by atoms with Crippen molar-refractivity contribution < 1.29 is 5.11 Å². The third-order valence-corrected chi connectivity index (χ3v) is 2.21. The van der Waals surface area contributed by atoms with Crippen LogP contribution in [-0.2, 0) is 6.42 Å². The standard InChI is InChI=1S/C11H11NO/c1-2-8-6-7-12-11-9(8)4-3-5-10(11)13/h3-7,13H,2H2,1H3/p-1. The van der Waals surface area contributed by atoms with Crippen molar-refractivity contribution in [2.24, 2.45) is 0 Å². The summed E-state index contributed by atoms with van der Waals surface area (Å²) in [6.07, 6.45) is 2.63. The van der Waals surface area contributed by atoms with Crippen LogP contribution in [0.5, 0.6) is 5.75 Å². The van der Waals surface area contributed by atoms with Gasteiger partial charge < -0.3 is 5.11 Å². The lowest BCUT2D eigenvalue weighted by Gasteiger charge is -2.10. The van der Waals surface area contributed by atoms with Gasteiger partial charge in [0.1, 0.15) is 0 Å². The lowest BCUT2D eigenvalue weighted by molar-refractivity contribution is -0.266. The van der Waals surface area contributed by atoms with Crippen LogP contribution in [0.15, 0.2) is 30.5 Å². The molecule has 0 aliphatic carbocycles. The van der Waals surface area contributed by atoms with Gasteiger partial charge in [0.2, 0.25) is 0 Å². The van der Waals surface area contributed by atoms with Crippen molar-refractivity contribution in [3.8, 4) is 5.75 Å². The Kier molecular flexibility index (Phi) is 1.89. The molecular weight excluding hydrogens is 162 g/mol. The second kappa shape index (κ2) is 3.05. The molecule has 2 rings (SSSR count). The molecule has 2 heteroatoms. The lowest BCUT2D eigenvalue weighted by Crippen LogP contribution is -1.94. The second-order valence-corrected chi connectivity index (χ2v) is 2.98. The molecule has 0 aliphatic heterocycles. The molecule has 0 bridgehead atoms. The Morgan fingerprint density at radius 1 is 1.31 bits per heavy atom. The minimum absolute atomic E-state index is 0.00722. The Bertz CT molecular complexity index is 437. The van der Waals surface area contributed by atoms with E-state index in [4.69, 9.17) is 0 Å². The molecule has 0 saturated carbocycles. The largest absolute Gasteiger partial charge is 0.871 e. The fourth-order valence-corrected chi connectivity index (χ4v) is 1.51. The van der Waals surface area contributed by atoms with Gasteiger partial charge in [0, 0.05) is 11.6 Å². The first kappa shape index (κ1) is 8.05. The minimum atomic E-state index is 0.00722. The van der Waals surface area contributed by atoms with Crippen LogP contribution in [0.25, 0.3) is 10.9 Å². The van der Waals surface area contributed by atoms with Crippen LogP contribution in [0.4, 0.5) is 0 Å². The van der Waals surface area contributed by atoms with Gasteiger partial charge in [-0.15, -0.1) is 0 Å². The maximum atomic E-state index is 11.4. The molecule has 0 aliphatic rings. The first-order valence-electron chi connectivity index (χ1n) is 4.36. The molecule has 0 amide bonds. The molecule has 13 heavy (non-hydrogen) atoms. The summed E-state index contributed by atoms with van der Waals surface area (Å²) >= 11 is 0. The molecule has 0 spiro atoms. The number of hydrogen-bond acceptors (Lipinski definition) is 2. The monoisotopic (exact) mass is 172 g/mol. The molecule has 1 heterocycles. The highest BCUT2D eigenvalue weighted by molar-refractivity contribution is 5.86. The summed E-state index contributed by atoms with van der Waals surface area (Å²) in [4.78, 5) is 4.08. The van der Waals surface area contributed by atoms with Gasteiger partial charge >= 0.3 is 0 Å². The van der Waals surface area contributed by atoms with E-state index in [9.17, 15) is 5.11 Å². The van der Waals surface area contributed by atoms with Crippen molar-refractivity contribution in [3.63, 3.8) is 0 Å². The van der Waals surface area contributed by atoms with Gasteiger partial charge in [-0.05, 0) is 18.1 Å². The predicted octanol–water partition coefficient (Wildman–Crippen LogP) is 1.87. The summed E-state index contributed by atoms with van der Waals surface area (Å²) in [6, 6.07) is 7.24. The van der Waals surface area contributed by atoms with Gasteiger partial charge in [-0.2, -0.15) is 0 Å². The fraction of sp³-hybridized carbons (Fsp3) is 0.182. The first-order chi connectivity index (χ1) is 6.33. The Balaban J connectivity index is 2.84. The van der Waals surface area contributed by atoms with E-state index in [1.165, 1.54) is 5.56 Å². The number of rotatable bonds is 1. The summed E-state index contributed by atoms with van der Waals surface area (Å²) in [7, 11) is 0. The summed E-state index contributed by atoms with van der Waals surface area (Å²) < 4.78 is 0. The second-order valence-electron chi connectivity index (χ2n) is 2.98. The van der Waals surface area contributed by atoms with Crippen molar-refractivity contribution >= 4 is 10.9 Å². The predicted molar refractivity (Wildman–Crippen MR) is 50.6 cm³/mol. The van der Waals surface area contributed by atoms with E-state index in [0.29, 0.717) is 5.52 Å². The quantitative estimate of drug-likeness (QED) is 0.658. The van der Waals surface area contributed by atoms with Crippen LogP contribution in [0.3, 0.4) is 0 Å². The summed E-state index contributed by atoms with van der Waals surface area (Å²) in [5, 5.41) is 12.4. The van der Waals surface area contributed by atoms with E-state index < -0.39 is 0 Å². The van der Waals surface area contributed by atoms with Gasteiger partial charge in [-0.3, -0.25) is 4.98 Å². The first-order valence-corrected chi connectivity index (χ1v) is 4.36. The minimum Gasteiger partial charge on any atom is -0.871 e. The number of aromatic nitrogens is 1. The van der Waals surface area contributed by atoms with Crippen molar-refractivity contribution in [1.29, 1.82) is 0 Å². The summed E-state index contributed by atoms with van der Waals surface area (Å²) in [6.45, 7) is 2.08. The van der Waals surface area contributed by atoms with E-state index in [1.807, 2.05) is 12.1 Å². The number of hydrogen-bond donors (Lipinski definition) is 0. The molecular formula is C11H10NO-. The third-order valence-electron chi connectivity index (χ3n) is 2.21. The molecule has 0 fully saturated rings. The molecule has 0 unspecified atom stereocenters. The molecule has 0 radical (unpaired) electrons. The highest BCUT2D eigenvalue weighted by atomic mass is 16.3. The van der Waals surface area contributed by atoms with E-state index in [0.717, 1.165) is 11.8 Å². The normalized spacial score (nSPS) is 10.5. The van der Waals surface area contributed by atoms with E-state index in [1.54, 1.807) is 18.3 Å². The van der Waals surface area contributed by atoms with Gasteiger partial charge in [-0.1, -0.05) is 30.9 Å². The highest BCUT2D eigenvalue weighted by Gasteiger charge is 1.98. The molecule has 0 atom stereocenters. The molecule has 2 nitrogen and oxygen atoms in total. The SMILES string of the molecule is CCc1ccnc2c([O-])cccc12. The molecule has 0 N–H and O–H groups in total. The zero-order valence-corrected chi connectivity index (χ0v) is 7.45. The Morgan fingerprint density at radius 2 is 2.15 bits per heavy atom.